The molecule has 1 heterocycles. The van der Waals surface area contributed by atoms with Gasteiger partial charge in [0.15, 0.2) is 0 Å². The summed E-state index contributed by atoms with van der Waals surface area (Å²) in [7, 11) is 0. The molecule has 1 N–H and O–H groups in total. The normalized spacial score (nSPS) is 15.7. The van der Waals surface area contributed by atoms with Crippen molar-refractivity contribution in [3.05, 3.63) is 29.8 Å². The van der Waals surface area contributed by atoms with Crippen molar-refractivity contribution in [2.45, 2.75) is 38.8 Å². The van der Waals surface area contributed by atoms with Crippen molar-refractivity contribution in [3.63, 3.8) is 0 Å². The predicted octanol–water partition coefficient (Wildman–Crippen LogP) is 2.79. The molecule has 0 radical (unpaired) electrons. The molecule has 0 aliphatic carbocycles. The van der Waals surface area contributed by atoms with Crippen LogP contribution in [0, 0.1) is 12.3 Å². The van der Waals surface area contributed by atoms with Crippen molar-refractivity contribution in [1.29, 1.82) is 0 Å². The first-order valence-corrected chi connectivity index (χ1v) is 6.68. The van der Waals surface area contributed by atoms with Crippen molar-refractivity contribution < 1.29 is 0 Å². The molecule has 1 aliphatic rings. The SMILES string of the molecule is C#CC(C)(C)NCc1ccccc1N1CCCC1. The van der Waals surface area contributed by atoms with E-state index in [2.05, 4.69) is 40.4 Å². The van der Waals surface area contributed by atoms with Crippen LogP contribution in [-0.4, -0.2) is 18.6 Å². The van der Waals surface area contributed by atoms with Crippen molar-refractivity contribution in [3.8, 4) is 12.3 Å². The van der Waals surface area contributed by atoms with Crippen LogP contribution in [-0.2, 0) is 6.54 Å². The number of terminal acetylenes is 1. The van der Waals surface area contributed by atoms with Crippen LogP contribution >= 0.6 is 0 Å². The van der Waals surface area contributed by atoms with E-state index in [0.29, 0.717) is 0 Å². The van der Waals surface area contributed by atoms with Crippen molar-refractivity contribution in [1.82, 2.24) is 5.32 Å². The minimum Gasteiger partial charge on any atom is -0.371 e. The lowest BCUT2D eigenvalue weighted by molar-refractivity contribution is 0.491. The number of anilines is 1. The van der Waals surface area contributed by atoms with Crippen molar-refractivity contribution in [2.75, 3.05) is 18.0 Å². The Hall–Kier alpha value is -1.46. The zero-order valence-electron chi connectivity index (χ0n) is 11.4. The highest BCUT2D eigenvalue weighted by Crippen LogP contribution is 2.24. The third kappa shape index (κ3) is 3.05. The second kappa shape index (κ2) is 5.46. The Labute approximate surface area is 110 Å². The van der Waals surface area contributed by atoms with Gasteiger partial charge in [-0.3, -0.25) is 5.32 Å². The number of rotatable bonds is 4. The van der Waals surface area contributed by atoms with Gasteiger partial charge >= 0.3 is 0 Å². The highest BCUT2D eigenvalue weighted by atomic mass is 15.1. The average molecular weight is 242 g/mol. The third-order valence-electron chi connectivity index (χ3n) is 3.52. The lowest BCUT2D eigenvalue weighted by Crippen LogP contribution is -2.37. The molecule has 0 amide bonds. The van der Waals surface area contributed by atoms with Crippen LogP contribution in [0.5, 0.6) is 0 Å². The van der Waals surface area contributed by atoms with Gasteiger partial charge in [0.2, 0.25) is 0 Å². The van der Waals surface area contributed by atoms with Gasteiger partial charge in [0.25, 0.3) is 0 Å². The quantitative estimate of drug-likeness (QED) is 0.817. The molecule has 0 atom stereocenters. The Bertz CT molecular complexity index is 437. The van der Waals surface area contributed by atoms with Gasteiger partial charge in [0.05, 0.1) is 5.54 Å². The summed E-state index contributed by atoms with van der Waals surface area (Å²) < 4.78 is 0. The van der Waals surface area contributed by atoms with Gasteiger partial charge in [-0.05, 0) is 38.3 Å². The third-order valence-corrected chi connectivity index (χ3v) is 3.52. The van der Waals surface area contributed by atoms with Gasteiger partial charge in [0.1, 0.15) is 0 Å². The number of benzene rings is 1. The smallest absolute Gasteiger partial charge is 0.0743 e. The zero-order valence-corrected chi connectivity index (χ0v) is 11.4. The number of para-hydroxylation sites is 1. The van der Waals surface area contributed by atoms with E-state index in [4.69, 9.17) is 6.42 Å². The summed E-state index contributed by atoms with van der Waals surface area (Å²) in [5.41, 5.74) is 2.44. The Morgan fingerprint density at radius 1 is 1.28 bits per heavy atom. The number of nitrogens with one attached hydrogen (secondary N) is 1. The maximum atomic E-state index is 5.51. The minimum absolute atomic E-state index is 0.252. The van der Waals surface area contributed by atoms with Crippen LogP contribution in [0.2, 0.25) is 0 Å². The summed E-state index contributed by atoms with van der Waals surface area (Å²) in [6.07, 6.45) is 8.11. The van der Waals surface area contributed by atoms with Gasteiger partial charge in [-0.1, -0.05) is 24.1 Å². The Morgan fingerprint density at radius 3 is 2.61 bits per heavy atom. The van der Waals surface area contributed by atoms with Crippen LogP contribution in [0.1, 0.15) is 32.3 Å². The van der Waals surface area contributed by atoms with E-state index in [0.717, 1.165) is 6.54 Å². The molecule has 2 nitrogen and oxygen atoms in total. The predicted molar refractivity (Wildman–Crippen MR) is 77.6 cm³/mol. The van der Waals surface area contributed by atoms with Gasteiger partial charge in [-0.2, -0.15) is 0 Å². The van der Waals surface area contributed by atoms with Crippen LogP contribution in [0.3, 0.4) is 0 Å². The Kier molecular flexibility index (Phi) is 3.93. The second-order valence-corrected chi connectivity index (χ2v) is 5.45. The largest absolute Gasteiger partial charge is 0.371 e. The van der Waals surface area contributed by atoms with Crippen LogP contribution in [0.25, 0.3) is 0 Å². The lowest BCUT2D eigenvalue weighted by atomic mass is 10.1. The molecule has 1 aromatic rings. The molecule has 0 spiro atoms. The van der Waals surface area contributed by atoms with E-state index in [1.807, 2.05) is 13.8 Å². The topological polar surface area (TPSA) is 15.3 Å². The fourth-order valence-electron chi connectivity index (χ4n) is 2.29. The summed E-state index contributed by atoms with van der Waals surface area (Å²) in [6.45, 7) is 7.24. The summed E-state index contributed by atoms with van der Waals surface area (Å²) in [6, 6.07) is 8.61. The summed E-state index contributed by atoms with van der Waals surface area (Å²) in [5.74, 6) is 2.78. The molecule has 2 rings (SSSR count). The summed E-state index contributed by atoms with van der Waals surface area (Å²) in [4.78, 5) is 2.47. The molecular formula is C16H22N2. The monoisotopic (exact) mass is 242 g/mol. The zero-order chi connectivity index (χ0) is 13.0. The lowest BCUT2D eigenvalue weighted by Gasteiger charge is -2.24. The first-order valence-electron chi connectivity index (χ1n) is 6.68. The van der Waals surface area contributed by atoms with E-state index in [-0.39, 0.29) is 5.54 Å². The van der Waals surface area contributed by atoms with Crippen molar-refractivity contribution in [2.24, 2.45) is 0 Å². The molecule has 18 heavy (non-hydrogen) atoms. The van der Waals surface area contributed by atoms with Crippen LogP contribution in [0.4, 0.5) is 5.69 Å². The average Bonchev–Trinajstić information content (AvgIpc) is 2.91. The molecule has 96 valence electrons. The van der Waals surface area contributed by atoms with Gasteiger partial charge in [-0.25, -0.2) is 0 Å². The number of hydrogen-bond acceptors (Lipinski definition) is 2. The van der Waals surface area contributed by atoms with E-state index >= 15 is 0 Å². The highest BCUT2D eigenvalue weighted by molar-refractivity contribution is 5.54. The van der Waals surface area contributed by atoms with E-state index in [1.165, 1.54) is 37.2 Å². The molecule has 1 aromatic carbocycles. The number of nitrogens with zero attached hydrogens (tertiary/aromatic N) is 1. The molecule has 0 saturated carbocycles. The first kappa shape index (κ1) is 13.0. The Morgan fingerprint density at radius 2 is 1.94 bits per heavy atom. The maximum absolute atomic E-state index is 5.51. The van der Waals surface area contributed by atoms with Crippen LogP contribution in [0.15, 0.2) is 24.3 Å². The van der Waals surface area contributed by atoms with Gasteiger partial charge in [-0.15, -0.1) is 6.42 Å². The molecular weight excluding hydrogens is 220 g/mol. The van der Waals surface area contributed by atoms with Crippen LogP contribution < -0.4 is 10.2 Å². The molecule has 0 aromatic heterocycles. The highest BCUT2D eigenvalue weighted by Gasteiger charge is 2.17. The summed E-state index contributed by atoms with van der Waals surface area (Å²) in [5, 5.41) is 3.43. The fourth-order valence-corrected chi connectivity index (χ4v) is 2.29. The minimum atomic E-state index is -0.252. The molecule has 0 unspecified atom stereocenters. The fraction of sp³-hybridized carbons (Fsp3) is 0.500. The molecule has 0 bridgehead atoms. The second-order valence-electron chi connectivity index (χ2n) is 5.45. The maximum Gasteiger partial charge on any atom is 0.0743 e. The first-order chi connectivity index (χ1) is 8.62. The molecule has 2 heteroatoms. The van der Waals surface area contributed by atoms with E-state index < -0.39 is 0 Å². The molecule has 1 fully saturated rings. The standard InChI is InChI=1S/C16H22N2/c1-4-16(2,3)17-13-14-9-5-6-10-15(14)18-11-7-8-12-18/h1,5-6,9-10,17H,7-8,11-13H2,2-3H3. The van der Waals surface area contributed by atoms with E-state index in [1.54, 1.807) is 0 Å². The van der Waals surface area contributed by atoms with E-state index in [9.17, 15) is 0 Å². The van der Waals surface area contributed by atoms with Crippen molar-refractivity contribution >= 4 is 5.69 Å². The molecule has 1 aliphatic heterocycles. The summed E-state index contributed by atoms with van der Waals surface area (Å²) >= 11 is 0. The van der Waals surface area contributed by atoms with Gasteiger partial charge < -0.3 is 4.90 Å². The number of hydrogen-bond donors (Lipinski definition) is 1. The Balaban J connectivity index is 2.10. The van der Waals surface area contributed by atoms with Gasteiger partial charge in [0, 0.05) is 25.3 Å². The molecule has 1 saturated heterocycles.